The van der Waals surface area contributed by atoms with Gasteiger partial charge in [-0.2, -0.15) is 0 Å². The van der Waals surface area contributed by atoms with E-state index in [-0.39, 0.29) is 12.5 Å². The first-order valence-electron chi connectivity index (χ1n) is 5.52. The summed E-state index contributed by atoms with van der Waals surface area (Å²) in [5, 5.41) is 3.81. The molecule has 3 N–H and O–H groups in total. The van der Waals surface area contributed by atoms with Gasteiger partial charge >= 0.3 is 0 Å². The maximum absolute atomic E-state index is 11.5. The van der Waals surface area contributed by atoms with Gasteiger partial charge in [0.15, 0.2) is 0 Å². The van der Waals surface area contributed by atoms with E-state index in [1.807, 2.05) is 6.07 Å². The number of anilines is 2. The molecule has 0 radical (unpaired) electrons. The minimum absolute atomic E-state index is 0.0225. The Labute approximate surface area is 105 Å². The number of hydrogen-bond donors (Lipinski definition) is 2. The monoisotopic (exact) mass is 245 g/mol. The number of nitrogen functional groups attached to an aromatic ring is 1. The summed E-state index contributed by atoms with van der Waals surface area (Å²) in [6.07, 6.45) is 1.46. The van der Waals surface area contributed by atoms with Crippen LogP contribution in [-0.4, -0.2) is 41.4 Å². The summed E-state index contributed by atoms with van der Waals surface area (Å²) in [7, 11) is 3.42. The van der Waals surface area contributed by atoms with Gasteiger partial charge in [-0.25, -0.2) is 9.97 Å². The molecule has 18 heavy (non-hydrogen) atoms. The molecule has 0 unspecified atom stereocenters. The zero-order valence-corrected chi connectivity index (χ0v) is 10.3. The molecule has 0 bridgehead atoms. The molecule has 2 rings (SSSR count). The van der Waals surface area contributed by atoms with Crippen LogP contribution >= 0.6 is 0 Å². The summed E-state index contributed by atoms with van der Waals surface area (Å²) in [5.74, 6) is 0.591. The van der Waals surface area contributed by atoms with Gasteiger partial charge in [0.1, 0.15) is 12.1 Å². The number of likely N-dealkylation sites (N-methyl/N-ethyl adjacent to an activating group) is 1. The minimum atomic E-state index is -0.0225. The Kier molecular flexibility index (Phi) is 3.27. The number of benzene rings is 1. The van der Waals surface area contributed by atoms with Crippen LogP contribution in [0.25, 0.3) is 10.9 Å². The maximum atomic E-state index is 11.5. The van der Waals surface area contributed by atoms with E-state index in [9.17, 15) is 4.79 Å². The number of nitrogens with two attached hydrogens (primary N) is 1. The molecular formula is C12H15N5O. The van der Waals surface area contributed by atoms with Gasteiger partial charge in [0.05, 0.1) is 12.1 Å². The summed E-state index contributed by atoms with van der Waals surface area (Å²) in [5.41, 5.74) is 7.17. The van der Waals surface area contributed by atoms with Gasteiger partial charge in [0, 0.05) is 25.2 Å². The Morgan fingerprint density at radius 3 is 2.89 bits per heavy atom. The van der Waals surface area contributed by atoms with Crippen LogP contribution in [0.15, 0.2) is 24.5 Å². The second-order valence-corrected chi connectivity index (χ2v) is 4.14. The van der Waals surface area contributed by atoms with Gasteiger partial charge in [-0.3, -0.25) is 4.79 Å². The largest absolute Gasteiger partial charge is 0.399 e. The third-order valence-electron chi connectivity index (χ3n) is 2.57. The molecule has 0 saturated carbocycles. The average Bonchev–Trinajstić information content (AvgIpc) is 2.35. The van der Waals surface area contributed by atoms with E-state index >= 15 is 0 Å². The summed E-state index contributed by atoms with van der Waals surface area (Å²) >= 11 is 0. The van der Waals surface area contributed by atoms with Crippen LogP contribution in [-0.2, 0) is 4.79 Å². The maximum Gasteiger partial charge on any atom is 0.241 e. The predicted octanol–water partition coefficient (Wildman–Crippen LogP) is 0.712. The summed E-state index contributed by atoms with van der Waals surface area (Å²) in [4.78, 5) is 21.3. The van der Waals surface area contributed by atoms with Gasteiger partial charge in [0.2, 0.25) is 5.91 Å². The number of nitrogens with one attached hydrogen (secondary N) is 1. The van der Waals surface area contributed by atoms with Crippen LogP contribution in [0.1, 0.15) is 0 Å². The molecule has 94 valence electrons. The number of aromatic nitrogens is 2. The van der Waals surface area contributed by atoms with Crippen LogP contribution < -0.4 is 11.1 Å². The standard InChI is InChI=1S/C12H15N5O/c1-17(2)11(18)6-14-12-9-5-8(13)3-4-10(9)15-7-16-12/h3-5,7H,6,13H2,1-2H3,(H,14,15,16). The zero-order chi connectivity index (χ0) is 13.1. The number of hydrogen-bond acceptors (Lipinski definition) is 5. The van der Waals surface area contributed by atoms with Crippen molar-refractivity contribution in [2.75, 3.05) is 31.7 Å². The molecule has 1 heterocycles. The van der Waals surface area contributed by atoms with Gasteiger partial charge in [-0.1, -0.05) is 0 Å². The first-order chi connectivity index (χ1) is 8.58. The fourth-order valence-corrected chi connectivity index (χ4v) is 1.53. The fraction of sp³-hybridized carbons (Fsp3) is 0.250. The molecule has 1 aromatic carbocycles. The Bertz CT molecular complexity index is 582. The van der Waals surface area contributed by atoms with E-state index in [1.54, 1.807) is 26.2 Å². The molecule has 0 fully saturated rings. The first-order valence-corrected chi connectivity index (χ1v) is 5.52. The molecule has 6 heteroatoms. The Morgan fingerprint density at radius 1 is 1.39 bits per heavy atom. The van der Waals surface area contributed by atoms with Gasteiger partial charge < -0.3 is 16.0 Å². The Balaban J connectivity index is 2.28. The number of rotatable bonds is 3. The van der Waals surface area contributed by atoms with E-state index in [0.717, 1.165) is 10.9 Å². The smallest absolute Gasteiger partial charge is 0.241 e. The molecule has 0 saturated heterocycles. The lowest BCUT2D eigenvalue weighted by Crippen LogP contribution is -2.28. The molecule has 2 aromatic rings. The van der Waals surface area contributed by atoms with Crippen LogP contribution in [0.5, 0.6) is 0 Å². The average molecular weight is 245 g/mol. The summed E-state index contributed by atoms with van der Waals surface area (Å²) in [6.45, 7) is 0.188. The highest BCUT2D eigenvalue weighted by Gasteiger charge is 2.07. The van der Waals surface area contributed by atoms with Crippen molar-refractivity contribution >= 4 is 28.3 Å². The molecule has 1 aromatic heterocycles. The fourth-order valence-electron chi connectivity index (χ4n) is 1.53. The van der Waals surface area contributed by atoms with Crippen molar-refractivity contribution in [3.05, 3.63) is 24.5 Å². The lowest BCUT2D eigenvalue weighted by molar-refractivity contribution is -0.126. The van der Waals surface area contributed by atoms with Gasteiger partial charge in [0.25, 0.3) is 0 Å². The van der Waals surface area contributed by atoms with E-state index in [2.05, 4.69) is 15.3 Å². The number of amides is 1. The highest BCUT2D eigenvalue weighted by Crippen LogP contribution is 2.21. The van der Waals surface area contributed by atoms with Crippen molar-refractivity contribution in [1.82, 2.24) is 14.9 Å². The van der Waals surface area contributed by atoms with Crippen LogP contribution in [0.2, 0.25) is 0 Å². The van der Waals surface area contributed by atoms with Gasteiger partial charge in [-0.05, 0) is 18.2 Å². The van der Waals surface area contributed by atoms with Crippen LogP contribution in [0.3, 0.4) is 0 Å². The minimum Gasteiger partial charge on any atom is -0.399 e. The molecule has 0 spiro atoms. The van der Waals surface area contributed by atoms with E-state index in [1.165, 1.54) is 11.2 Å². The topological polar surface area (TPSA) is 84.1 Å². The molecule has 0 aliphatic carbocycles. The molecule has 0 aliphatic heterocycles. The third-order valence-corrected chi connectivity index (χ3v) is 2.57. The SMILES string of the molecule is CN(C)C(=O)CNc1ncnc2ccc(N)cc12. The van der Waals surface area contributed by atoms with Gasteiger partial charge in [-0.15, -0.1) is 0 Å². The summed E-state index contributed by atoms with van der Waals surface area (Å²) in [6, 6.07) is 5.40. The quantitative estimate of drug-likeness (QED) is 0.778. The molecule has 1 amide bonds. The van der Waals surface area contributed by atoms with Crippen molar-refractivity contribution in [3.63, 3.8) is 0 Å². The normalized spacial score (nSPS) is 10.3. The highest BCUT2D eigenvalue weighted by atomic mass is 16.2. The zero-order valence-electron chi connectivity index (χ0n) is 10.3. The molecule has 6 nitrogen and oxygen atoms in total. The van der Waals surface area contributed by atoms with E-state index < -0.39 is 0 Å². The third kappa shape index (κ3) is 2.48. The second kappa shape index (κ2) is 4.87. The predicted molar refractivity (Wildman–Crippen MR) is 71.1 cm³/mol. The van der Waals surface area contributed by atoms with Crippen LogP contribution in [0, 0.1) is 0 Å². The highest BCUT2D eigenvalue weighted by molar-refractivity contribution is 5.92. The summed E-state index contributed by atoms with van der Waals surface area (Å²) < 4.78 is 0. The molecular weight excluding hydrogens is 230 g/mol. The van der Waals surface area contributed by atoms with Crippen molar-refractivity contribution in [2.45, 2.75) is 0 Å². The van der Waals surface area contributed by atoms with E-state index in [0.29, 0.717) is 11.5 Å². The second-order valence-electron chi connectivity index (χ2n) is 4.14. The Morgan fingerprint density at radius 2 is 2.17 bits per heavy atom. The van der Waals surface area contributed by atoms with Crippen molar-refractivity contribution in [2.24, 2.45) is 0 Å². The number of carbonyl (C=O) groups excluding carboxylic acids is 1. The lowest BCUT2D eigenvalue weighted by atomic mass is 10.2. The first kappa shape index (κ1) is 12.1. The Hall–Kier alpha value is -2.37. The van der Waals surface area contributed by atoms with E-state index in [4.69, 9.17) is 5.73 Å². The number of nitrogens with zero attached hydrogens (tertiary/aromatic N) is 3. The molecule has 0 aliphatic rings. The van der Waals surface area contributed by atoms with Crippen molar-refractivity contribution < 1.29 is 4.79 Å². The number of fused-ring (bicyclic) bond motifs is 1. The van der Waals surface area contributed by atoms with Crippen molar-refractivity contribution in [3.8, 4) is 0 Å². The lowest BCUT2D eigenvalue weighted by Gasteiger charge is -2.12. The molecule has 0 atom stereocenters. The number of carbonyl (C=O) groups is 1. The van der Waals surface area contributed by atoms with Crippen molar-refractivity contribution in [1.29, 1.82) is 0 Å². The van der Waals surface area contributed by atoms with Crippen LogP contribution in [0.4, 0.5) is 11.5 Å².